The van der Waals surface area contributed by atoms with Crippen LogP contribution in [0.5, 0.6) is 0 Å². The van der Waals surface area contributed by atoms with Gasteiger partial charge in [0.05, 0.1) is 10.4 Å². The van der Waals surface area contributed by atoms with Crippen molar-refractivity contribution in [3.63, 3.8) is 0 Å². The minimum Gasteiger partial charge on any atom is -0.370 e. The molecular formula is C10H9ClN4O2. The number of hydrogen-bond acceptors (Lipinski definition) is 5. The van der Waals surface area contributed by atoms with Gasteiger partial charge in [-0.2, -0.15) is 0 Å². The smallest absolute Gasteiger partial charge is 0.270 e. The van der Waals surface area contributed by atoms with Crippen molar-refractivity contribution in [2.24, 2.45) is 0 Å². The maximum Gasteiger partial charge on any atom is 0.270 e. The fraction of sp³-hybridized carbons (Fsp3) is 0.200. The molecule has 0 saturated carbocycles. The Kier molecular flexibility index (Phi) is 3.06. The largest absolute Gasteiger partial charge is 0.370 e. The molecule has 1 heterocycles. The first-order valence-electron chi connectivity index (χ1n) is 4.97. The van der Waals surface area contributed by atoms with Crippen molar-refractivity contribution in [3.8, 4) is 0 Å². The van der Waals surface area contributed by atoms with Gasteiger partial charge in [-0.15, -0.1) is 0 Å². The Bertz CT molecular complexity index is 588. The lowest BCUT2D eigenvalue weighted by molar-refractivity contribution is -0.384. The Morgan fingerprint density at radius 3 is 2.88 bits per heavy atom. The van der Waals surface area contributed by atoms with Gasteiger partial charge < -0.3 is 5.32 Å². The summed E-state index contributed by atoms with van der Waals surface area (Å²) in [5.41, 5.74) is 0.578. The fourth-order valence-electron chi connectivity index (χ4n) is 1.50. The van der Waals surface area contributed by atoms with E-state index < -0.39 is 4.92 Å². The Balaban J connectivity index is 2.68. The number of nitrogens with one attached hydrogen (secondary N) is 1. The molecule has 1 aromatic heterocycles. The van der Waals surface area contributed by atoms with Crippen LogP contribution in [-0.4, -0.2) is 21.4 Å². The molecule has 88 valence electrons. The van der Waals surface area contributed by atoms with Crippen molar-refractivity contribution in [1.29, 1.82) is 0 Å². The zero-order valence-corrected chi connectivity index (χ0v) is 9.73. The second-order valence-corrected chi connectivity index (χ2v) is 3.67. The topological polar surface area (TPSA) is 81.0 Å². The van der Waals surface area contributed by atoms with Crippen LogP contribution in [0.4, 0.5) is 11.5 Å². The van der Waals surface area contributed by atoms with Crippen molar-refractivity contribution in [3.05, 3.63) is 33.6 Å². The average molecular weight is 253 g/mol. The monoisotopic (exact) mass is 252 g/mol. The van der Waals surface area contributed by atoms with E-state index in [4.69, 9.17) is 11.6 Å². The highest BCUT2D eigenvalue weighted by Gasteiger charge is 2.11. The summed E-state index contributed by atoms with van der Waals surface area (Å²) in [6.45, 7) is 2.55. The molecule has 0 unspecified atom stereocenters. The van der Waals surface area contributed by atoms with Crippen LogP contribution in [-0.2, 0) is 0 Å². The Morgan fingerprint density at radius 2 is 2.24 bits per heavy atom. The number of rotatable bonds is 3. The van der Waals surface area contributed by atoms with E-state index in [0.717, 1.165) is 0 Å². The summed E-state index contributed by atoms with van der Waals surface area (Å²) in [6.07, 6.45) is 0. The molecule has 0 fully saturated rings. The lowest BCUT2D eigenvalue weighted by Gasteiger charge is -2.06. The highest BCUT2D eigenvalue weighted by molar-refractivity contribution is 6.28. The zero-order chi connectivity index (χ0) is 12.4. The second-order valence-electron chi connectivity index (χ2n) is 3.33. The molecule has 0 aliphatic heterocycles. The summed E-state index contributed by atoms with van der Waals surface area (Å²) in [5, 5.41) is 14.4. The summed E-state index contributed by atoms with van der Waals surface area (Å²) >= 11 is 5.77. The Hall–Kier alpha value is -1.95. The molecule has 0 atom stereocenters. The van der Waals surface area contributed by atoms with Crippen LogP contribution in [0.3, 0.4) is 0 Å². The van der Waals surface area contributed by atoms with Crippen LogP contribution in [0.15, 0.2) is 18.2 Å². The van der Waals surface area contributed by atoms with Crippen LogP contribution in [0.25, 0.3) is 10.9 Å². The fourth-order valence-corrected chi connectivity index (χ4v) is 1.68. The molecule has 0 saturated heterocycles. The first-order valence-corrected chi connectivity index (χ1v) is 5.35. The summed E-state index contributed by atoms with van der Waals surface area (Å²) < 4.78 is 0. The van der Waals surface area contributed by atoms with Gasteiger partial charge in [0.2, 0.25) is 5.28 Å². The van der Waals surface area contributed by atoms with Gasteiger partial charge >= 0.3 is 0 Å². The van der Waals surface area contributed by atoms with Crippen molar-refractivity contribution in [2.45, 2.75) is 6.92 Å². The van der Waals surface area contributed by atoms with Gasteiger partial charge in [-0.05, 0) is 24.6 Å². The van der Waals surface area contributed by atoms with E-state index in [1.807, 2.05) is 6.92 Å². The summed E-state index contributed by atoms with van der Waals surface area (Å²) in [4.78, 5) is 18.3. The molecule has 0 bridgehead atoms. The van der Waals surface area contributed by atoms with Gasteiger partial charge in [0, 0.05) is 24.1 Å². The SMILES string of the molecule is CCNc1nc(Cl)nc2ccc([N+](=O)[O-])cc12. The Labute approximate surface area is 102 Å². The van der Waals surface area contributed by atoms with Crippen LogP contribution < -0.4 is 5.32 Å². The third-order valence-corrected chi connectivity index (χ3v) is 2.38. The van der Waals surface area contributed by atoms with Crippen molar-refractivity contribution < 1.29 is 4.92 Å². The van der Waals surface area contributed by atoms with Crippen molar-refractivity contribution >= 4 is 34.0 Å². The van der Waals surface area contributed by atoms with E-state index in [1.54, 1.807) is 6.07 Å². The van der Waals surface area contributed by atoms with Gasteiger partial charge in [-0.25, -0.2) is 9.97 Å². The van der Waals surface area contributed by atoms with E-state index in [-0.39, 0.29) is 11.0 Å². The number of nitrogens with zero attached hydrogens (tertiary/aromatic N) is 3. The third kappa shape index (κ3) is 2.26. The molecule has 0 aliphatic rings. The lowest BCUT2D eigenvalue weighted by Crippen LogP contribution is -2.02. The predicted molar refractivity (Wildman–Crippen MR) is 65.4 cm³/mol. The number of nitro benzene ring substituents is 1. The van der Waals surface area contributed by atoms with Gasteiger partial charge in [0.1, 0.15) is 5.82 Å². The number of halogens is 1. The molecule has 0 radical (unpaired) electrons. The molecular weight excluding hydrogens is 244 g/mol. The number of hydrogen-bond donors (Lipinski definition) is 1. The first kappa shape index (κ1) is 11.5. The highest BCUT2D eigenvalue weighted by Crippen LogP contribution is 2.26. The van der Waals surface area contributed by atoms with Crippen LogP contribution >= 0.6 is 11.6 Å². The number of fused-ring (bicyclic) bond motifs is 1. The molecule has 0 amide bonds. The molecule has 1 aromatic carbocycles. The number of non-ortho nitro benzene ring substituents is 1. The lowest BCUT2D eigenvalue weighted by atomic mass is 10.2. The summed E-state index contributed by atoms with van der Waals surface area (Å²) in [7, 11) is 0. The summed E-state index contributed by atoms with van der Waals surface area (Å²) in [5.74, 6) is 0.506. The molecule has 2 rings (SSSR count). The van der Waals surface area contributed by atoms with Gasteiger partial charge in [0.25, 0.3) is 5.69 Å². The maximum atomic E-state index is 10.7. The predicted octanol–water partition coefficient (Wildman–Crippen LogP) is 2.62. The molecule has 1 N–H and O–H groups in total. The zero-order valence-electron chi connectivity index (χ0n) is 8.98. The van der Waals surface area contributed by atoms with E-state index in [0.29, 0.717) is 23.3 Å². The number of benzene rings is 1. The normalized spacial score (nSPS) is 10.5. The first-order chi connectivity index (χ1) is 8.11. The second kappa shape index (κ2) is 4.50. The number of nitro groups is 1. The van der Waals surface area contributed by atoms with Crippen molar-refractivity contribution in [2.75, 3.05) is 11.9 Å². The van der Waals surface area contributed by atoms with E-state index >= 15 is 0 Å². The van der Waals surface area contributed by atoms with E-state index in [1.165, 1.54) is 12.1 Å². The van der Waals surface area contributed by atoms with Gasteiger partial charge in [-0.3, -0.25) is 10.1 Å². The molecule has 0 aliphatic carbocycles. The average Bonchev–Trinajstić information content (AvgIpc) is 2.28. The molecule has 17 heavy (non-hydrogen) atoms. The molecule has 2 aromatic rings. The van der Waals surface area contributed by atoms with E-state index in [9.17, 15) is 10.1 Å². The number of anilines is 1. The standard InChI is InChI=1S/C10H9ClN4O2/c1-2-12-9-7-5-6(15(16)17)3-4-8(7)13-10(11)14-9/h3-5H,2H2,1H3,(H,12,13,14). The number of aromatic nitrogens is 2. The van der Waals surface area contributed by atoms with Crippen LogP contribution in [0.1, 0.15) is 6.92 Å². The van der Waals surface area contributed by atoms with Crippen LogP contribution in [0.2, 0.25) is 5.28 Å². The molecule has 7 heteroatoms. The maximum absolute atomic E-state index is 10.7. The summed E-state index contributed by atoms with van der Waals surface area (Å²) in [6, 6.07) is 4.38. The quantitative estimate of drug-likeness (QED) is 0.516. The van der Waals surface area contributed by atoms with Crippen molar-refractivity contribution in [1.82, 2.24) is 9.97 Å². The highest BCUT2D eigenvalue weighted by atomic mass is 35.5. The third-order valence-electron chi connectivity index (χ3n) is 2.21. The van der Waals surface area contributed by atoms with E-state index in [2.05, 4.69) is 15.3 Å². The van der Waals surface area contributed by atoms with Crippen LogP contribution in [0, 0.1) is 10.1 Å². The molecule has 6 nitrogen and oxygen atoms in total. The minimum atomic E-state index is -0.455. The minimum absolute atomic E-state index is 0.00238. The van der Waals surface area contributed by atoms with Gasteiger partial charge in [-0.1, -0.05) is 0 Å². The Morgan fingerprint density at radius 1 is 1.47 bits per heavy atom. The van der Waals surface area contributed by atoms with Gasteiger partial charge in [0.15, 0.2) is 0 Å². The molecule has 0 spiro atoms.